The lowest BCUT2D eigenvalue weighted by Gasteiger charge is -2.29. The van der Waals surface area contributed by atoms with Crippen molar-refractivity contribution in [3.05, 3.63) is 90.0 Å². The van der Waals surface area contributed by atoms with Gasteiger partial charge in [-0.2, -0.15) is 0 Å². The van der Waals surface area contributed by atoms with E-state index in [1.54, 1.807) is 12.5 Å². The van der Waals surface area contributed by atoms with E-state index in [1.807, 2.05) is 53.2 Å². The van der Waals surface area contributed by atoms with E-state index < -0.39 is 5.54 Å². The molecule has 0 saturated heterocycles. The molecule has 1 aliphatic rings. The van der Waals surface area contributed by atoms with Crippen LogP contribution >= 0.6 is 0 Å². The maximum Gasteiger partial charge on any atom is 0.315 e. The van der Waals surface area contributed by atoms with Crippen LogP contribution in [0.5, 0.6) is 0 Å². The quantitative estimate of drug-likeness (QED) is 0.511. The van der Waals surface area contributed by atoms with Gasteiger partial charge in [-0.15, -0.1) is 0 Å². The number of aromatic nitrogens is 2. The third-order valence-corrected chi connectivity index (χ3v) is 5.94. The first kappa shape index (κ1) is 21.6. The van der Waals surface area contributed by atoms with Crippen LogP contribution in [0, 0.1) is 0 Å². The normalized spacial score (nSPS) is 14.6. The van der Waals surface area contributed by atoms with Gasteiger partial charge in [0.1, 0.15) is 5.54 Å². The van der Waals surface area contributed by atoms with Crippen LogP contribution in [-0.4, -0.2) is 27.0 Å². The van der Waals surface area contributed by atoms with Gasteiger partial charge in [-0.05, 0) is 29.5 Å². The maximum absolute atomic E-state index is 13.1. The average Bonchev–Trinajstić information content (AvgIpc) is 3.51. The predicted molar refractivity (Wildman–Crippen MR) is 123 cm³/mol. The van der Waals surface area contributed by atoms with Crippen molar-refractivity contribution in [3.8, 4) is 0 Å². The van der Waals surface area contributed by atoms with Crippen LogP contribution in [0.4, 0.5) is 4.79 Å². The summed E-state index contributed by atoms with van der Waals surface area (Å²) in [7, 11) is 0. The average molecular weight is 432 g/mol. The maximum atomic E-state index is 13.1. The van der Waals surface area contributed by atoms with Gasteiger partial charge in [-0.1, -0.05) is 67.4 Å². The first-order chi connectivity index (χ1) is 15.6. The van der Waals surface area contributed by atoms with Crippen LogP contribution < -0.4 is 16.0 Å². The lowest BCUT2D eigenvalue weighted by Crippen LogP contribution is -2.59. The van der Waals surface area contributed by atoms with Gasteiger partial charge in [0, 0.05) is 32.0 Å². The second-order valence-electron chi connectivity index (χ2n) is 8.32. The number of hydrogen-bond donors (Lipinski definition) is 3. The monoisotopic (exact) mass is 431 g/mol. The standard InChI is InChI=1S/C25H29N5O2/c31-23(27-16-21-8-10-22(11-9-21)18-30-15-14-26-19-30)25(12-4-5-13-25)29-24(32)28-17-20-6-2-1-3-7-20/h1-3,6-11,14-15,19H,4-5,12-13,16-18H2,(H,27,31)(H2,28,29,32). The molecule has 0 unspecified atom stereocenters. The van der Waals surface area contributed by atoms with Gasteiger partial charge < -0.3 is 20.5 Å². The fourth-order valence-corrected chi connectivity index (χ4v) is 4.13. The Morgan fingerprint density at radius 1 is 0.875 bits per heavy atom. The highest BCUT2D eigenvalue weighted by Crippen LogP contribution is 2.30. The van der Waals surface area contributed by atoms with Gasteiger partial charge in [-0.3, -0.25) is 4.79 Å². The Morgan fingerprint density at radius 3 is 2.22 bits per heavy atom. The van der Waals surface area contributed by atoms with Crippen molar-refractivity contribution in [2.24, 2.45) is 0 Å². The predicted octanol–water partition coefficient (Wildman–Crippen LogP) is 3.36. The van der Waals surface area contributed by atoms with Crippen molar-refractivity contribution in [2.75, 3.05) is 0 Å². The third-order valence-electron chi connectivity index (χ3n) is 5.94. The van der Waals surface area contributed by atoms with Crippen LogP contribution in [-0.2, 0) is 24.4 Å². The molecule has 3 N–H and O–H groups in total. The summed E-state index contributed by atoms with van der Waals surface area (Å²) < 4.78 is 2.01. The van der Waals surface area contributed by atoms with E-state index in [4.69, 9.17) is 0 Å². The van der Waals surface area contributed by atoms with Crippen molar-refractivity contribution >= 4 is 11.9 Å². The van der Waals surface area contributed by atoms with E-state index in [-0.39, 0.29) is 11.9 Å². The smallest absolute Gasteiger partial charge is 0.315 e. The van der Waals surface area contributed by atoms with Gasteiger partial charge in [-0.25, -0.2) is 9.78 Å². The molecule has 0 aliphatic heterocycles. The Balaban J connectivity index is 1.30. The van der Waals surface area contributed by atoms with Crippen molar-refractivity contribution < 1.29 is 9.59 Å². The highest BCUT2D eigenvalue weighted by molar-refractivity contribution is 5.91. The third kappa shape index (κ3) is 5.55. The zero-order valence-electron chi connectivity index (χ0n) is 18.1. The summed E-state index contributed by atoms with van der Waals surface area (Å²) in [6.07, 6.45) is 8.64. The largest absolute Gasteiger partial charge is 0.350 e. The summed E-state index contributed by atoms with van der Waals surface area (Å²) in [6, 6.07) is 17.6. The molecule has 166 valence electrons. The van der Waals surface area contributed by atoms with Crippen molar-refractivity contribution in [2.45, 2.75) is 50.9 Å². The van der Waals surface area contributed by atoms with Gasteiger partial charge >= 0.3 is 6.03 Å². The molecule has 3 amide bonds. The number of nitrogens with one attached hydrogen (secondary N) is 3. The second kappa shape index (κ2) is 10.1. The SMILES string of the molecule is O=C(NCc1ccccc1)NC1(C(=O)NCc2ccc(Cn3ccnc3)cc2)CCCC1. The Hall–Kier alpha value is -3.61. The first-order valence-corrected chi connectivity index (χ1v) is 11.0. The fraction of sp³-hybridized carbons (Fsp3) is 0.320. The summed E-state index contributed by atoms with van der Waals surface area (Å²) in [5, 5.41) is 8.86. The number of hydrogen-bond acceptors (Lipinski definition) is 3. The molecule has 3 aromatic rings. The Morgan fingerprint density at radius 2 is 1.53 bits per heavy atom. The number of carbonyl (C=O) groups is 2. The highest BCUT2D eigenvalue weighted by atomic mass is 16.2. The molecule has 0 atom stereocenters. The Labute approximate surface area is 188 Å². The Bertz CT molecular complexity index is 1010. The summed E-state index contributed by atoms with van der Waals surface area (Å²) in [5.74, 6) is -0.118. The van der Waals surface area contributed by atoms with Crippen molar-refractivity contribution in [1.82, 2.24) is 25.5 Å². The molecular formula is C25H29N5O2. The molecular weight excluding hydrogens is 402 g/mol. The van der Waals surface area contributed by atoms with E-state index in [0.717, 1.165) is 30.5 Å². The van der Waals surface area contributed by atoms with Crippen molar-refractivity contribution in [1.29, 1.82) is 0 Å². The van der Waals surface area contributed by atoms with E-state index in [0.29, 0.717) is 25.9 Å². The van der Waals surface area contributed by atoms with Crippen molar-refractivity contribution in [3.63, 3.8) is 0 Å². The van der Waals surface area contributed by atoms with Gasteiger partial charge in [0.05, 0.1) is 6.33 Å². The topological polar surface area (TPSA) is 88.0 Å². The number of nitrogens with zero attached hydrogens (tertiary/aromatic N) is 2. The number of rotatable bonds is 8. The summed E-state index contributed by atoms with van der Waals surface area (Å²) in [6.45, 7) is 1.62. The highest BCUT2D eigenvalue weighted by Gasteiger charge is 2.42. The van der Waals surface area contributed by atoms with Crippen LogP contribution in [0.2, 0.25) is 0 Å². The summed E-state index contributed by atoms with van der Waals surface area (Å²) >= 11 is 0. The molecule has 0 spiro atoms. The minimum absolute atomic E-state index is 0.118. The Kier molecular flexibility index (Phi) is 6.84. The van der Waals surface area contributed by atoms with Crippen LogP contribution in [0.1, 0.15) is 42.4 Å². The minimum atomic E-state index is -0.845. The zero-order valence-corrected chi connectivity index (χ0v) is 18.1. The number of imidazole rings is 1. The van der Waals surface area contributed by atoms with Gasteiger partial charge in [0.2, 0.25) is 5.91 Å². The number of carbonyl (C=O) groups excluding carboxylic acids is 2. The minimum Gasteiger partial charge on any atom is -0.350 e. The molecule has 0 radical (unpaired) electrons. The fourth-order valence-electron chi connectivity index (χ4n) is 4.13. The molecule has 1 aliphatic carbocycles. The molecule has 1 fully saturated rings. The van der Waals surface area contributed by atoms with E-state index in [9.17, 15) is 9.59 Å². The molecule has 7 nitrogen and oxygen atoms in total. The van der Waals surface area contributed by atoms with Gasteiger partial charge in [0.25, 0.3) is 0 Å². The lowest BCUT2D eigenvalue weighted by atomic mass is 9.96. The molecule has 4 rings (SSSR count). The molecule has 1 heterocycles. The molecule has 7 heteroatoms. The van der Waals surface area contributed by atoms with E-state index >= 15 is 0 Å². The number of amides is 3. The lowest BCUT2D eigenvalue weighted by molar-refractivity contribution is -0.127. The number of urea groups is 1. The summed E-state index contributed by atoms with van der Waals surface area (Å²) in [4.78, 5) is 29.6. The van der Waals surface area contributed by atoms with Gasteiger partial charge in [0.15, 0.2) is 0 Å². The second-order valence-corrected chi connectivity index (χ2v) is 8.32. The molecule has 32 heavy (non-hydrogen) atoms. The van der Waals surface area contributed by atoms with E-state index in [1.165, 1.54) is 5.56 Å². The van der Waals surface area contributed by atoms with Crippen LogP contribution in [0.3, 0.4) is 0 Å². The summed E-state index contributed by atoms with van der Waals surface area (Å²) in [5.41, 5.74) is 2.36. The van der Waals surface area contributed by atoms with E-state index in [2.05, 4.69) is 33.1 Å². The zero-order chi connectivity index (χ0) is 22.2. The van der Waals surface area contributed by atoms with Crippen LogP contribution in [0.15, 0.2) is 73.3 Å². The number of benzene rings is 2. The molecule has 0 bridgehead atoms. The molecule has 1 saturated carbocycles. The first-order valence-electron chi connectivity index (χ1n) is 11.0. The van der Waals surface area contributed by atoms with Crippen LogP contribution in [0.25, 0.3) is 0 Å². The molecule has 2 aromatic carbocycles. The molecule has 1 aromatic heterocycles.